The maximum absolute atomic E-state index is 11.1. The molecule has 0 N–H and O–H groups in total. The van der Waals surface area contributed by atoms with E-state index in [1.807, 2.05) is 11.8 Å². The summed E-state index contributed by atoms with van der Waals surface area (Å²) < 4.78 is 6.20. The van der Waals surface area contributed by atoms with E-state index in [4.69, 9.17) is 0 Å². The zero-order valence-corrected chi connectivity index (χ0v) is 9.79. The van der Waals surface area contributed by atoms with Crippen molar-refractivity contribution in [3.05, 3.63) is 11.9 Å². The predicted molar refractivity (Wildman–Crippen MR) is 59.0 cm³/mol. The van der Waals surface area contributed by atoms with Crippen molar-refractivity contribution < 1.29 is 9.53 Å². The van der Waals surface area contributed by atoms with Crippen LogP contribution in [0.4, 0.5) is 0 Å². The number of aryl methyl sites for hydroxylation is 1. The van der Waals surface area contributed by atoms with E-state index in [1.54, 1.807) is 10.9 Å². The summed E-state index contributed by atoms with van der Waals surface area (Å²) in [6.07, 6.45) is 2.64. The van der Waals surface area contributed by atoms with Crippen LogP contribution in [0.3, 0.4) is 0 Å². The summed E-state index contributed by atoms with van der Waals surface area (Å²) in [5.41, 5.74) is 0.264. The van der Waals surface area contributed by atoms with Crippen LogP contribution < -0.4 is 0 Å². The summed E-state index contributed by atoms with van der Waals surface area (Å²) in [6.45, 7) is 2.92. The van der Waals surface area contributed by atoms with Gasteiger partial charge in [-0.2, -0.15) is 11.8 Å². The first-order chi connectivity index (χ1) is 7.27. The lowest BCUT2D eigenvalue weighted by Crippen LogP contribution is -2.01. The van der Waals surface area contributed by atoms with Crippen molar-refractivity contribution in [2.24, 2.45) is 0 Å². The van der Waals surface area contributed by atoms with E-state index in [0.29, 0.717) is 0 Å². The first-order valence-electron chi connectivity index (χ1n) is 4.84. The number of aromatic nitrogens is 3. The Morgan fingerprint density at radius 1 is 1.67 bits per heavy atom. The highest BCUT2D eigenvalue weighted by Gasteiger charge is 2.09. The molecule has 0 aromatic carbocycles. The zero-order valence-electron chi connectivity index (χ0n) is 8.97. The van der Waals surface area contributed by atoms with Gasteiger partial charge in [-0.3, -0.25) is 4.68 Å². The van der Waals surface area contributed by atoms with E-state index in [0.717, 1.165) is 24.5 Å². The number of carbonyl (C=O) groups excluding carboxylic acids is 1. The molecule has 5 nitrogen and oxygen atoms in total. The fourth-order valence-electron chi connectivity index (χ4n) is 1.08. The van der Waals surface area contributed by atoms with Gasteiger partial charge in [0.25, 0.3) is 0 Å². The van der Waals surface area contributed by atoms with Crippen LogP contribution in [0.15, 0.2) is 6.20 Å². The normalized spacial score (nSPS) is 10.3. The van der Waals surface area contributed by atoms with Crippen LogP contribution in [0.5, 0.6) is 0 Å². The van der Waals surface area contributed by atoms with E-state index in [1.165, 1.54) is 7.11 Å². The highest BCUT2D eigenvalue weighted by molar-refractivity contribution is 7.99. The number of thioether (sulfide) groups is 1. The molecule has 15 heavy (non-hydrogen) atoms. The molecule has 1 rings (SSSR count). The van der Waals surface area contributed by atoms with Gasteiger partial charge in [-0.1, -0.05) is 12.1 Å². The second kappa shape index (κ2) is 6.44. The zero-order chi connectivity index (χ0) is 11.1. The average molecular weight is 229 g/mol. The van der Waals surface area contributed by atoms with E-state index < -0.39 is 5.97 Å². The smallest absolute Gasteiger partial charge is 0.360 e. The average Bonchev–Trinajstić information content (AvgIpc) is 2.72. The van der Waals surface area contributed by atoms with Gasteiger partial charge in [-0.05, 0) is 17.9 Å². The molecule has 0 spiro atoms. The van der Waals surface area contributed by atoms with Gasteiger partial charge in [0, 0.05) is 6.54 Å². The molecule has 0 aliphatic heterocycles. The van der Waals surface area contributed by atoms with Gasteiger partial charge in [0.2, 0.25) is 0 Å². The minimum absolute atomic E-state index is 0.264. The molecule has 0 unspecified atom stereocenters. The number of methoxy groups -OCH3 is 1. The maximum Gasteiger partial charge on any atom is 0.360 e. The fraction of sp³-hybridized carbons (Fsp3) is 0.667. The Balaban J connectivity index is 2.36. The highest BCUT2D eigenvalue weighted by atomic mass is 32.2. The number of hydrogen-bond acceptors (Lipinski definition) is 5. The van der Waals surface area contributed by atoms with Crippen LogP contribution >= 0.6 is 11.8 Å². The number of hydrogen-bond donors (Lipinski definition) is 0. The van der Waals surface area contributed by atoms with Crippen molar-refractivity contribution in [1.82, 2.24) is 15.0 Å². The van der Waals surface area contributed by atoms with Gasteiger partial charge >= 0.3 is 5.97 Å². The van der Waals surface area contributed by atoms with Crippen LogP contribution in [0, 0.1) is 0 Å². The Hall–Kier alpha value is -1.04. The van der Waals surface area contributed by atoms with Crippen LogP contribution in [-0.2, 0) is 11.3 Å². The van der Waals surface area contributed by atoms with Gasteiger partial charge < -0.3 is 4.74 Å². The molecule has 1 heterocycles. The Bertz CT molecular complexity index is 314. The second-order valence-corrected chi connectivity index (χ2v) is 4.30. The molecule has 0 aliphatic rings. The topological polar surface area (TPSA) is 57.0 Å². The Morgan fingerprint density at radius 3 is 3.13 bits per heavy atom. The Kier molecular flexibility index (Phi) is 5.17. The molecule has 0 saturated carbocycles. The SMILES string of the molecule is CCSCCCn1cc(C(=O)OC)nn1. The third-order valence-corrected chi connectivity index (χ3v) is 2.80. The monoisotopic (exact) mass is 229 g/mol. The van der Waals surface area contributed by atoms with Crippen molar-refractivity contribution in [2.75, 3.05) is 18.6 Å². The maximum atomic E-state index is 11.1. The molecule has 1 aromatic rings. The van der Waals surface area contributed by atoms with Crippen molar-refractivity contribution in [2.45, 2.75) is 19.9 Å². The number of nitrogens with zero attached hydrogens (tertiary/aromatic N) is 3. The van der Waals surface area contributed by atoms with Crippen LogP contribution in [0.1, 0.15) is 23.8 Å². The number of rotatable bonds is 6. The largest absolute Gasteiger partial charge is 0.464 e. The van der Waals surface area contributed by atoms with Crippen molar-refractivity contribution in [1.29, 1.82) is 0 Å². The minimum Gasteiger partial charge on any atom is -0.464 e. The first kappa shape index (κ1) is 12.0. The molecule has 0 radical (unpaired) electrons. The summed E-state index contributed by atoms with van der Waals surface area (Å²) in [7, 11) is 1.33. The van der Waals surface area contributed by atoms with Gasteiger partial charge in [-0.15, -0.1) is 5.10 Å². The van der Waals surface area contributed by atoms with Crippen LogP contribution in [0.2, 0.25) is 0 Å². The molecule has 84 valence electrons. The third kappa shape index (κ3) is 3.91. The Labute approximate surface area is 93.2 Å². The Morgan fingerprint density at radius 2 is 2.47 bits per heavy atom. The van der Waals surface area contributed by atoms with Gasteiger partial charge in [0.05, 0.1) is 13.3 Å². The first-order valence-corrected chi connectivity index (χ1v) is 5.99. The van der Waals surface area contributed by atoms with Gasteiger partial charge in [0.1, 0.15) is 0 Å². The molecular formula is C9H15N3O2S. The summed E-state index contributed by atoms with van der Waals surface area (Å²) in [5.74, 6) is 1.79. The molecule has 0 fully saturated rings. The predicted octanol–water partition coefficient (Wildman–Crippen LogP) is 1.21. The standard InChI is InChI=1S/C9H15N3O2S/c1-3-15-6-4-5-12-7-8(10-11-12)9(13)14-2/h7H,3-6H2,1-2H3. The van der Waals surface area contributed by atoms with Crippen molar-refractivity contribution in [3.8, 4) is 0 Å². The number of esters is 1. The number of ether oxygens (including phenoxy) is 1. The lowest BCUT2D eigenvalue weighted by Gasteiger charge is -1.98. The lowest BCUT2D eigenvalue weighted by atomic mass is 10.4. The summed E-state index contributed by atoms with van der Waals surface area (Å²) >= 11 is 1.89. The molecular weight excluding hydrogens is 214 g/mol. The fourth-order valence-corrected chi connectivity index (χ4v) is 1.70. The summed E-state index contributed by atoms with van der Waals surface area (Å²) in [4.78, 5) is 11.1. The minimum atomic E-state index is -0.441. The lowest BCUT2D eigenvalue weighted by molar-refractivity contribution is 0.0594. The van der Waals surface area contributed by atoms with Gasteiger partial charge in [0.15, 0.2) is 5.69 Å². The number of carbonyl (C=O) groups is 1. The molecule has 0 saturated heterocycles. The van der Waals surface area contributed by atoms with E-state index in [9.17, 15) is 4.79 Å². The molecule has 0 amide bonds. The van der Waals surface area contributed by atoms with Gasteiger partial charge in [-0.25, -0.2) is 4.79 Å². The molecule has 0 bridgehead atoms. The molecule has 0 aliphatic carbocycles. The van der Waals surface area contributed by atoms with Crippen LogP contribution in [0.25, 0.3) is 0 Å². The van der Waals surface area contributed by atoms with E-state index >= 15 is 0 Å². The van der Waals surface area contributed by atoms with E-state index in [-0.39, 0.29) is 5.69 Å². The van der Waals surface area contributed by atoms with Crippen molar-refractivity contribution in [3.63, 3.8) is 0 Å². The molecule has 6 heteroatoms. The molecule has 0 atom stereocenters. The highest BCUT2D eigenvalue weighted by Crippen LogP contribution is 2.03. The van der Waals surface area contributed by atoms with E-state index in [2.05, 4.69) is 22.0 Å². The quantitative estimate of drug-likeness (QED) is 0.542. The van der Waals surface area contributed by atoms with Crippen LogP contribution in [-0.4, -0.2) is 39.6 Å². The second-order valence-electron chi connectivity index (χ2n) is 2.91. The molecule has 1 aromatic heterocycles. The summed E-state index contributed by atoms with van der Waals surface area (Å²) in [6, 6.07) is 0. The third-order valence-electron chi connectivity index (χ3n) is 1.81. The summed E-state index contributed by atoms with van der Waals surface area (Å²) in [5, 5.41) is 7.56. The van der Waals surface area contributed by atoms with Crippen molar-refractivity contribution >= 4 is 17.7 Å².